The van der Waals surface area contributed by atoms with Crippen molar-refractivity contribution in [2.45, 2.75) is 38.0 Å². The zero-order chi connectivity index (χ0) is 21.5. The number of amides is 3. The first kappa shape index (κ1) is 21.0. The number of carbonyl (C=O) groups is 3. The molecule has 2 N–H and O–H groups in total. The number of benzene rings is 1. The zero-order valence-electron chi connectivity index (χ0n) is 16.9. The molecular formula is C20H26N4O5S. The minimum atomic E-state index is -3.05. The highest BCUT2D eigenvalue weighted by molar-refractivity contribution is 7.90. The normalized spacial score (nSPS) is 25.4. The molecule has 2 unspecified atom stereocenters. The van der Waals surface area contributed by atoms with E-state index in [9.17, 15) is 22.8 Å². The lowest BCUT2D eigenvalue weighted by molar-refractivity contribution is -0.136. The number of fused-ring (bicyclic) bond motifs is 1. The summed E-state index contributed by atoms with van der Waals surface area (Å²) in [6, 6.07) is 5.05. The maximum Gasteiger partial charge on any atom is 0.255 e. The molecule has 0 aliphatic carbocycles. The molecule has 1 aromatic rings. The molecule has 2 atom stereocenters. The van der Waals surface area contributed by atoms with Gasteiger partial charge in [-0.25, -0.2) is 8.42 Å². The van der Waals surface area contributed by atoms with Crippen LogP contribution in [0.25, 0.3) is 0 Å². The van der Waals surface area contributed by atoms with Crippen LogP contribution in [0, 0.1) is 0 Å². The fourth-order valence-corrected chi connectivity index (χ4v) is 5.43. The summed E-state index contributed by atoms with van der Waals surface area (Å²) in [6.45, 7) is 3.13. The summed E-state index contributed by atoms with van der Waals surface area (Å²) in [4.78, 5) is 40.2. The first-order valence-electron chi connectivity index (χ1n) is 10.1. The highest BCUT2D eigenvalue weighted by atomic mass is 32.2. The van der Waals surface area contributed by atoms with Gasteiger partial charge in [-0.3, -0.25) is 24.6 Å². The van der Waals surface area contributed by atoms with Crippen molar-refractivity contribution in [2.24, 2.45) is 0 Å². The van der Waals surface area contributed by atoms with E-state index in [1.807, 2.05) is 18.2 Å². The Morgan fingerprint density at radius 2 is 2.00 bits per heavy atom. The Labute approximate surface area is 175 Å². The fraction of sp³-hybridized carbons (Fsp3) is 0.550. The Balaban J connectivity index is 1.43. The Morgan fingerprint density at radius 1 is 1.20 bits per heavy atom. The smallest absolute Gasteiger partial charge is 0.255 e. The highest BCUT2D eigenvalue weighted by Gasteiger charge is 2.39. The van der Waals surface area contributed by atoms with Gasteiger partial charge in [0.05, 0.1) is 5.75 Å². The van der Waals surface area contributed by atoms with E-state index in [1.54, 1.807) is 4.90 Å². The van der Waals surface area contributed by atoms with Crippen molar-refractivity contribution in [1.29, 1.82) is 0 Å². The molecule has 2 saturated heterocycles. The van der Waals surface area contributed by atoms with Crippen LogP contribution in [0.5, 0.6) is 0 Å². The van der Waals surface area contributed by atoms with Crippen LogP contribution in [0.3, 0.4) is 0 Å². The van der Waals surface area contributed by atoms with Gasteiger partial charge in [-0.05, 0) is 23.6 Å². The van der Waals surface area contributed by atoms with E-state index in [2.05, 4.69) is 15.5 Å². The van der Waals surface area contributed by atoms with Crippen LogP contribution in [0.2, 0.25) is 0 Å². The topological polar surface area (TPSA) is 116 Å². The summed E-state index contributed by atoms with van der Waals surface area (Å²) in [7, 11) is -3.05. The summed E-state index contributed by atoms with van der Waals surface area (Å²) in [6.07, 6.45) is 1.83. The number of piperidine rings is 1. The van der Waals surface area contributed by atoms with Gasteiger partial charge in [0.1, 0.15) is 15.9 Å². The summed E-state index contributed by atoms with van der Waals surface area (Å²) in [5.74, 6) is -0.789. The molecule has 10 heteroatoms. The van der Waals surface area contributed by atoms with E-state index in [0.717, 1.165) is 17.7 Å². The molecule has 0 spiro atoms. The number of piperazine rings is 1. The number of sulfone groups is 1. The van der Waals surface area contributed by atoms with Crippen molar-refractivity contribution < 1.29 is 22.8 Å². The molecule has 0 saturated carbocycles. The average Bonchev–Trinajstić information content (AvgIpc) is 2.97. The van der Waals surface area contributed by atoms with Crippen LogP contribution < -0.4 is 10.6 Å². The first-order valence-corrected chi connectivity index (χ1v) is 12.2. The molecule has 162 valence electrons. The Bertz CT molecular complexity index is 993. The standard InChI is InChI=1S/C20H26N4O5S/c1-30(28,29)12-15-11-23(7-6-21-15)9-13-2-3-14-10-24(20(27)16(14)8-13)17-4-5-18(25)22-19(17)26/h2-3,8,15,17,21H,4-7,9-12H2,1H3,(H,22,25,26). The molecule has 2 fully saturated rings. The van der Waals surface area contributed by atoms with E-state index >= 15 is 0 Å². The largest absolute Gasteiger partial charge is 0.322 e. The molecule has 30 heavy (non-hydrogen) atoms. The minimum Gasteiger partial charge on any atom is -0.322 e. The molecular weight excluding hydrogens is 408 g/mol. The van der Waals surface area contributed by atoms with Crippen molar-refractivity contribution in [3.63, 3.8) is 0 Å². The molecule has 9 nitrogen and oxygen atoms in total. The van der Waals surface area contributed by atoms with Crippen LogP contribution in [-0.2, 0) is 32.5 Å². The predicted molar refractivity (Wildman–Crippen MR) is 109 cm³/mol. The quantitative estimate of drug-likeness (QED) is 0.587. The van der Waals surface area contributed by atoms with Crippen molar-refractivity contribution in [3.8, 4) is 0 Å². The third kappa shape index (κ3) is 4.55. The van der Waals surface area contributed by atoms with Crippen LogP contribution in [0.1, 0.15) is 34.3 Å². The van der Waals surface area contributed by atoms with Gasteiger partial charge in [0.15, 0.2) is 0 Å². The number of carbonyl (C=O) groups excluding carboxylic acids is 3. The van der Waals surface area contributed by atoms with E-state index in [1.165, 1.54) is 6.26 Å². The minimum absolute atomic E-state index is 0.104. The summed E-state index contributed by atoms with van der Waals surface area (Å²) in [5, 5.41) is 5.56. The molecule has 1 aromatic carbocycles. The molecule has 0 bridgehead atoms. The lowest BCUT2D eigenvalue weighted by Crippen LogP contribution is -2.52. The Kier molecular flexibility index (Phi) is 5.65. The van der Waals surface area contributed by atoms with Gasteiger partial charge < -0.3 is 10.2 Å². The highest BCUT2D eigenvalue weighted by Crippen LogP contribution is 2.28. The van der Waals surface area contributed by atoms with Crippen molar-refractivity contribution in [1.82, 2.24) is 20.4 Å². The number of imide groups is 1. The second kappa shape index (κ2) is 8.09. The third-order valence-corrected chi connectivity index (χ3v) is 6.85. The Morgan fingerprint density at radius 3 is 2.73 bits per heavy atom. The van der Waals surface area contributed by atoms with Gasteiger partial charge in [0.25, 0.3) is 5.91 Å². The van der Waals surface area contributed by atoms with Gasteiger partial charge >= 0.3 is 0 Å². The number of hydrogen-bond donors (Lipinski definition) is 2. The van der Waals surface area contributed by atoms with E-state index in [0.29, 0.717) is 38.2 Å². The maximum atomic E-state index is 12.9. The number of nitrogens with zero attached hydrogens (tertiary/aromatic N) is 2. The lowest BCUT2D eigenvalue weighted by atomic mass is 10.0. The lowest BCUT2D eigenvalue weighted by Gasteiger charge is -2.33. The second-order valence-corrected chi connectivity index (χ2v) is 10.6. The van der Waals surface area contributed by atoms with E-state index < -0.39 is 21.8 Å². The van der Waals surface area contributed by atoms with Crippen LogP contribution >= 0.6 is 0 Å². The maximum absolute atomic E-state index is 12.9. The first-order chi connectivity index (χ1) is 14.2. The monoisotopic (exact) mass is 434 g/mol. The molecule has 3 aliphatic rings. The van der Waals surface area contributed by atoms with Crippen molar-refractivity contribution in [3.05, 3.63) is 34.9 Å². The molecule has 3 aliphatic heterocycles. The molecule has 3 amide bonds. The molecule has 4 rings (SSSR count). The fourth-order valence-electron chi connectivity index (χ4n) is 4.47. The van der Waals surface area contributed by atoms with Gasteiger partial charge in [0, 0.05) is 57.0 Å². The summed E-state index contributed by atoms with van der Waals surface area (Å²) in [5.41, 5.74) is 2.45. The summed E-state index contributed by atoms with van der Waals surface area (Å²) >= 11 is 0. The summed E-state index contributed by atoms with van der Waals surface area (Å²) < 4.78 is 23.2. The van der Waals surface area contributed by atoms with Crippen molar-refractivity contribution in [2.75, 3.05) is 31.6 Å². The second-order valence-electron chi connectivity index (χ2n) is 8.37. The van der Waals surface area contributed by atoms with Crippen LogP contribution in [-0.4, -0.2) is 79.7 Å². The van der Waals surface area contributed by atoms with Gasteiger partial charge in [-0.15, -0.1) is 0 Å². The van der Waals surface area contributed by atoms with Gasteiger partial charge in [-0.1, -0.05) is 12.1 Å². The zero-order valence-corrected chi connectivity index (χ0v) is 17.7. The van der Waals surface area contributed by atoms with Crippen LogP contribution in [0.4, 0.5) is 0 Å². The van der Waals surface area contributed by atoms with E-state index in [4.69, 9.17) is 0 Å². The van der Waals surface area contributed by atoms with Gasteiger partial charge in [-0.2, -0.15) is 0 Å². The van der Waals surface area contributed by atoms with Gasteiger partial charge in [0.2, 0.25) is 11.8 Å². The van der Waals surface area contributed by atoms with Crippen molar-refractivity contribution >= 4 is 27.6 Å². The Hall–Kier alpha value is -2.30. The average molecular weight is 435 g/mol. The number of rotatable bonds is 5. The van der Waals surface area contributed by atoms with Crippen LogP contribution in [0.15, 0.2) is 18.2 Å². The molecule has 0 radical (unpaired) electrons. The molecule has 0 aromatic heterocycles. The van der Waals surface area contributed by atoms with E-state index in [-0.39, 0.29) is 30.0 Å². The third-order valence-electron chi connectivity index (χ3n) is 5.84. The number of hydrogen-bond acceptors (Lipinski definition) is 7. The predicted octanol–water partition coefficient (Wildman–Crippen LogP) is -0.734. The SMILES string of the molecule is CS(=O)(=O)CC1CN(Cc2ccc3c(c2)C(=O)N(C2CCC(=O)NC2=O)C3)CCN1. The molecule has 3 heterocycles. The number of nitrogens with one attached hydrogen (secondary N) is 2.